The summed E-state index contributed by atoms with van der Waals surface area (Å²) in [7, 11) is 0. The average Bonchev–Trinajstić information content (AvgIpc) is 2.83. The van der Waals surface area contributed by atoms with Gasteiger partial charge in [0.05, 0.1) is 46.9 Å². The summed E-state index contributed by atoms with van der Waals surface area (Å²) in [5, 5.41) is 11.9. The number of nitrogens with zero attached hydrogens (tertiary/aromatic N) is 3. The van der Waals surface area contributed by atoms with Gasteiger partial charge in [-0.2, -0.15) is 13.2 Å². The zero-order chi connectivity index (χ0) is 27.1. The zero-order valence-corrected chi connectivity index (χ0v) is 20.2. The number of benzene rings is 1. The summed E-state index contributed by atoms with van der Waals surface area (Å²) >= 11 is 0. The van der Waals surface area contributed by atoms with Crippen molar-refractivity contribution in [1.82, 2.24) is 19.9 Å². The fourth-order valence-corrected chi connectivity index (χ4v) is 4.36. The maximum Gasteiger partial charge on any atom is 0.416 e. The molecule has 0 aliphatic carbocycles. The number of carbonyl (C=O) groups is 1. The molecule has 2 aromatic heterocycles. The number of aryl methyl sites for hydroxylation is 1. The first-order valence-corrected chi connectivity index (χ1v) is 11.5. The van der Waals surface area contributed by atoms with Crippen LogP contribution in [0.1, 0.15) is 47.2 Å². The highest BCUT2D eigenvalue weighted by Crippen LogP contribution is 2.37. The molecular weight excluding hydrogens is 498 g/mol. The fraction of sp³-hybridized carbons (Fsp3) is 0.417. The van der Waals surface area contributed by atoms with Gasteiger partial charge in [-0.1, -0.05) is 0 Å². The van der Waals surface area contributed by atoms with Gasteiger partial charge in [0.15, 0.2) is 11.6 Å². The van der Waals surface area contributed by atoms with Gasteiger partial charge in [0, 0.05) is 19.3 Å². The van der Waals surface area contributed by atoms with E-state index in [0.29, 0.717) is 0 Å². The lowest BCUT2D eigenvalue weighted by molar-refractivity contribution is -0.138. The first kappa shape index (κ1) is 26.5. The molecule has 1 saturated heterocycles. The minimum atomic E-state index is -4.76. The Labute approximate surface area is 208 Å². The summed E-state index contributed by atoms with van der Waals surface area (Å²) in [4.78, 5) is 36.9. The van der Waals surface area contributed by atoms with Gasteiger partial charge < -0.3 is 25.0 Å². The molecule has 1 amide bonds. The summed E-state index contributed by atoms with van der Waals surface area (Å²) in [6, 6.07) is 1.70. The Morgan fingerprint density at radius 2 is 2.05 bits per heavy atom. The van der Waals surface area contributed by atoms with Crippen molar-refractivity contribution < 1.29 is 32.2 Å². The number of anilines is 1. The van der Waals surface area contributed by atoms with Crippen molar-refractivity contribution in [3.63, 3.8) is 0 Å². The molecule has 37 heavy (non-hydrogen) atoms. The van der Waals surface area contributed by atoms with Gasteiger partial charge in [-0.25, -0.2) is 14.4 Å². The lowest BCUT2D eigenvalue weighted by atomic mass is 9.98. The van der Waals surface area contributed by atoms with Crippen molar-refractivity contribution in [2.45, 2.75) is 45.2 Å². The number of alkyl halides is 3. The number of ether oxygens (including phenoxy) is 1. The van der Waals surface area contributed by atoms with Gasteiger partial charge in [-0.3, -0.25) is 9.59 Å². The number of aromatic amines is 1. The van der Waals surface area contributed by atoms with Crippen LogP contribution in [0.5, 0.6) is 0 Å². The summed E-state index contributed by atoms with van der Waals surface area (Å²) in [5.74, 6) is -1.65. The number of aromatic nitrogens is 3. The van der Waals surface area contributed by atoms with Crippen molar-refractivity contribution in [2.75, 3.05) is 25.0 Å². The highest BCUT2D eigenvalue weighted by molar-refractivity contribution is 5.94. The van der Waals surface area contributed by atoms with E-state index in [1.165, 1.54) is 18.7 Å². The predicted molar refractivity (Wildman–Crippen MR) is 126 cm³/mol. The van der Waals surface area contributed by atoms with E-state index in [2.05, 4.69) is 20.3 Å². The van der Waals surface area contributed by atoms with Gasteiger partial charge in [0.2, 0.25) is 0 Å². The number of pyridine rings is 1. The molecule has 3 atom stereocenters. The van der Waals surface area contributed by atoms with Crippen molar-refractivity contribution in [3.05, 3.63) is 63.1 Å². The van der Waals surface area contributed by atoms with Gasteiger partial charge >= 0.3 is 6.18 Å². The summed E-state index contributed by atoms with van der Waals surface area (Å²) < 4.78 is 62.0. The average molecular weight is 523 g/mol. The van der Waals surface area contributed by atoms with Crippen LogP contribution in [0.15, 0.2) is 29.2 Å². The van der Waals surface area contributed by atoms with Crippen LogP contribution in [0.3, 0.4) is 0 Å². The predicted octanol–water partition coefficient (Wildman–Crippen LogP) is 3.18. The Kier molecular flexibility index (Phi) is 7.20. The Morgan fingerprint density at radius 1 is 1.32 bits per heavy atom. The van der Waals surface area contributed by atoms with E-state index in [0.717, 1.165) is 24.4 Å². The van der Waals surface area contributed by atoms with Crippen LogP contribution in [0.2, 0.25) is 0 Å². The van der Waals surface area contributed by atoms with Crippen LogP contribution >= 0.6 is 0 Å². The topological polar surface area (TPSA) is 120 Å². The van der Waals surface area contributed by atoms with Gasteiger partial charge in [0.25, 0.3) is 11.5 Å². The quantitative estimate of drug-likeness (QED) is 0.440. The molecule has 0 spiro atoms. The Bertz CT molecular complexity index is 1390. The van der Waals surface area contributed by atoms with E-state index < -0.39 is 41.2 Å². The number of aliphatic hydroxyl groups is 1. The normalized spacial score (nSPS) is 19.2. The fourth-order valence-electron chi connectivity index (χ4n) is 4.36. The highest BCUT2D eigenvalue weighted by atomic mass is 19.4. The van der Waals surface area contributed by atoms with Crippen LogP contribution in [0.4, 0.5) is 23.4 Å². The van der Waals surface area contributed by atoms with E-state index in [1.54, 1.807) is 6.92 Å². The molecule has 3 heterocycles. The number of fused-ring (bicyclic) bond motifs is 1. The number of hydrogen-bond donors (Lipinski definition) is 3. The third-order valence-electron chi connectivity index (χ3n) is 6.03. The number of halogens is 4. The molecule has 1 fully saturated rings. The summed E-state index contributed by atoms with van der Waals surface area (Å²) in [6.45, 7) is 4.65. The lowest BCUT2D eigenvalue weighted by Gasteiger charge is -2.36. The number of carbonyl (C=O) groups excluding carboxylic acids is 1. The molecule has 1 aliphatic rings. The molecule has 3 N–H and O–H groups in total. The third-order valence-corrected chi connectivity index (χ3v) is 6.03. The lowest BCUT2D eigenvalue weighted by Crippen LogP contribution is -2.50. The number of amides is 1. The van der Waals surface area contributed by atoms with Crippen LogP contribution < -0.4 is 10.9 Å². The molecule has 198 valence electrons. The minimum absolute atomic E-state index is 0.0439. The number of aliphatic hydroxyl groups excluding tert-OH is 1. The van der Waals surface area contributed by atoms with Crippen molar-refractivity contribution in [3.8, 4) is 0 Å². The number of hydrogen-bond acceptors (Lipinski definition) is 7. The molecule has 4 rings (SSSR count). The monoisotopic (exact) mass is 523 g/mol. The van der Waals surface area contributed by atoms with E-state index in [9.17, 15) is 32.3 Å². The number of nitrogens with one attached hydrogen (secondary N) is 2. The molecule has 1 aliphatic heterocycles. The van der Waals surface area contributed by atoms with Crippen LogP contribution in [-0.2, 0) is 10.9 Å². The van der Waals surface area contributed by atoms with Crippen molar-refractivity contribution in [1.29, 1.82) is 0 Å². The smallest absolute Gasteiger partial charge is 0.394 e. The SMILES string of the molecule is Cc1nc2cc(C(F)(F)F)c([C@H](C)Nc3ncc(C(=O)N4CC(C)OC(CO)C4)cc3F)cc2c(=O)[nH]1. The van der Waals surface area contributed by atoms with E-state index in [-0.39, 0.29) is 59.5 Å². The van der Waals surface area contributed by atoms with Gasteiger partial charge in [-0.15, -0.1) is 0 Å². The number of H-pyrrole nitrogens is 1. The first-order valence-electron chi connectivity index (χ1n) is 11.5. The number of morpholine rings is 1. The van der Waals surface area contributed by atoms with Crippen molar-refractivity contribution >= 4 is 22.6 Å². The standard InChI is InChI=1S/C24H25F4N5O4/c1-11-8-33(9-15(10-34)37-11)23(36)14-4-19(25)21(29-7-14)30-12(2)16-5-17-20(6-18(16)24(26,27)28)31-13(3)32-22(17)35/h4-7,11-12,15,34H,8-10H2,1-3H3,(H,29,30)(H,31,32,35)/t11?,12-,15?/m0/s1. The highest BCUT2D eigenvalue weighted by Gasteiger charge is 2.36. The first-order chi connectivity index (χ1) is 17.4. The van der Waals surface area contributed by atoms with E-state index in [1.807, 2.05) is 0 Å². The minimum Gasteiger partial charge on any atom is -0.394 e. The van der Waals surface area contributed by atoms with Gasteiger partial charge in [-0.05, 0) is 44.5 Å². The Balaban J connectivity index is 1.62. The maximum absolute atomic E-state index is 14.9. The van der Waals surface area contributed by atoms with Crippen LogP contribution in [0, 0.1) is 12.7 Å². The van der Waals surface area contributed by atoms with Gasteiger partial charge in [0.1, 0.15) is 5.82 Å². The third kappa shape index (κ3) is 5.57. The Hall–Kier alpha value is -3.58. The van der Waals surface area contributed by atoms with Crippen LogP contribution in [0.25, 0.3) is 10.9 Å². The molecule has 3 aromatic rings. The molecule has 0 radical (unpaired) electrons. The number of rotatable bonds is 5. The summed E-state index contributed by atoms with van der Waals surface area (Å²) in [6.07, 6.45) is -4.53. The molecule has 2 unspecified atom stereocenters. The zero-order valence-electron chi connectivity index (χ0n) is 20.2. The van der Waals surface area contributed by atoms with E-state index in [4.69, 9.17) is 4.74 Å². The maximum atomic E-state index is 14.9. The van der Waals surface area contributed by atoms with Crippen LogP contribution in [-0.4, -0.2) is 62.8 Å². The second kappa shape index (κ2) is 10.1. The summed E-state index contributed by atoms with van der Waals surface area (Å²) in [5.41, 5.74) is -2.09. The van der Waals surface area contributed by atoms with Crippen molar-refractivity contribution in [2.24, 2.45) is 0 Å². The molecular formula is C24H25F4N5O4. The molecule has 13 heteroatoms. The largest absolute Gasteiger partial charge is 0.416 e. The second-order valence-corrected chi connectivity index (χ2v) is 8.99. The molecule has 9 nitrogen and oxygen atoms in total. The van der Waals surface area contributed by atoms with E-state index >= 15 is 0 Å². The second-order valence-electron chi connectivity index (χ2n) is 8.99. The Morgan fingerprint density at radius 3 is 2.70 bits per heavy atom. The molecule has 0 saturated carbocycles. The molecule has 0 bridgehead atoms. The molecule has 1 aromatic carbocycles.